The summed E-state index contributed by atoms with van der Waals surface area (Å²) >= 11 is 0. The topological polar surface area (TPSA) is 98.5 Å². The number of aryl methyl sites for hydroxylation is 2. The second kappa shape index (κ2) is 9.13. The van der Waals surface area contributed by atoms with E-state index in [2.05, 4.69) is 20.4 Å². The van der Waals surface area contributed by atoms with E-state index in [1.54, 1.807) is 4.52 Å². The molecule has 8 nitrogen and oxygen atoms in total. The van der Waals surface area contributed by atoms with Crippen LogP contribution in [0.2, 0.25) is 0 Å². The molecular weight excluding hydrogens is 406 g/mol. The maximum Gasteiger partial charge on any atom is 0.306 e. The average molecular weight is 431 g/mol. The molecule has 0 fully saturated rings. The van der Waals surface area contributed by atoms with Crippen LogP contribution in [0.25, 0.3) is 16.6 Å². The summed E-state index contributed by atoms with van der Waals surface area (Å²) in [6.45, 7) is 5.40. The van der Waals surface area contributed by atoms with Crippen molar-refractivity contribution >= 4 is 28.4 Å². The van der Waals surface area contributed by atoms with Gasteiger partial charge in [0.15, 0.2) is 6.61 Å². The third kappa shape index (κ3) is 4.44. The Bertz CT molecular complexity index is 1290. The molecular formula is C24H25N5O3. The van der Waals surface area contributed by atoms with Crippen LogP contribution in [0, 0.1) is 13.8 Å². The highest BCUT2D eigenvalue weighted by atomic mass is 16.5. The summed E-state index contributed by atoms with van der Waals surface area (Å²) < 4.78 is 6.84. The summed E-state index contributed by atoms with van der Waals surface area (Å²) in [4.78, 5) is 33.1. The normalized spacial score (nSPS) is 12.1. The minimum Gasteiger partial charge on any atom is -0.456 e. The number of aromatic nitrogens is 4. The first kappa shape index (κ1) is 21.4. The van der Waals surface area contributed by atoms with Gasteiger partial charge in [-0.25, -0.2) is 9.50 Å². The molecule has 0 spiro atoms. The summed E-state index contributed by atoms with van der Waals surface area (Å²) in [6.07, 6.45) is 2.05. The Hall–Kier alpha value is -3.81. The molecule has 4 aromatic rings. The van der Waals surface area contributed by atoms with Gasteiger partial charge in [-0.05, 0) is 49.1 Å². The number of carbonyl (C=O) groups excluding carboxylic acids is 2. The number of ether oxygens (including phenoxy) is 1. The largest absolute Gasteiger partial charge is 0.456 e. The van der Waals surface area contributed by atoms with E-state index < -0.39 is 5.97 Å². The van der Waals surface area contributed by atoms with Crippen LogP contribution in [0.3, 0.4) is 0 Å². The molecule has 0 aliphatic heterocycles. The number of hydrogen-bond acceptors (Lipinski definition) is 6. The molecule has 2 aromatic heterocycles. The van der Waals surface area contributed by atoms with E-state index in [9.17, 15) is 9.59 Å². The van der Waals surface area contributed by atoms with Crippen LogP contribution < -0.4 is 5.32 Å². The predicted octanol–water partition coefficient (Wildman–Crippen LogP) is 3.25. The molecule has 1 atom stereocenters. The fourth-order valence-corrected chi connectivity index (χ4v) is 3.95. The van der Waals surface area contributed by atoms with Crippen LogP contribution in [0.5, 0.6) is 0 Å². The van der Waals surface area contributed by atoms with Crippen molar-refractivity contribution in [1.29, 1.82) is 0 Å². The van der Waals surface area contributed by atoms with Gasteiger partial charge < -0.3 is 10.1 Å². The predicted molar refractivity (Wildman–Crippen MR) is 120 cm³/mol. The van der Waals surface area contributed by atoms with Crippen molar-refractivity contribution in [1.82, 2.24) is 24.9 Å². The first-order valence-corrected chi connectivity index (χ1v) is 10.5. The van der Waals surface area contributed by atoms with Gasteiger partial charge in [0.05, 0.1) is 6.04 Å². The lowest BCUT2D eigenvalue weighted by molar-refractivity contribution is -0.148. The Kier molecular flexibility index (Phi) is 6.11. The molecule has 0 saturated heterocycles. The first-order chi connectivity index (χ1) is 15.4. The highest BCUT2D eigenvalue weighted by Gasteiger charge is 2.16. The SMILES string of the molecule is Cc1nc2ncnn2c(C)c1CCC(=O)OCC(=O)NC(C)c1cccc2ccccc12. The summed E-state index contributed by atoms with van der Waals surface area (Å²) in [6, 6.07) is 13.8. The van der Waals surface area contributed by atoms with E-state index in [-0.39, 0.29) is 25.0 Å². The van der Waals surface area contributed by atoms with Crippen molar-refractivity contribution in [3.63, 3.8) is 0 Å². The molecule has 1 N–H and O–H groups in total. The number of nitrogens with one attached hydrogen (secondary N) is 1. The molecule has 2 aromatic carbocycles. The van der Waals surface area contributed by atoms with E-state index in [1.165, 1.54) is 6.33 Å². The zero-order valence-electron chi connectivity index (χ0n) is 18.3. The zero-order chi connectivity index (χ0) is 22.7. The van der Waals surface area contributed by atoms with Crippen LogP contribution in [-0.2, 0) is 20.7 Å². The molecule has 164 valence electrons. The standard InChI is InChI=1S/C24H25N5O3/c1-15-19(17(3)29-24(28-15)25-14-26-29)11-12-23(31)32-13-22(30)27-16(2)20-10-6-8-18-7-4-5-9-21(18)20/h4-10,14,16H,11-13H2,1-3H3,(H,27,30). The highest BCUT2D eigenvalue weighted by molar-refractivity contribution is 5.87. The number of hydrogen-bond donors (Lipinski definition) is 1. The number of fused-ring (bicyclic) bond motifs is 2. The Labute approximate surface area is 185 Å². The third-order valence-corrected chi connectivity index (χ3v) is 5.60. The molecule has 8 heteroatoms. The lowest BCUT2D eigenvalue weighted by Gasteiger charge is -2.17. The van der Waals surface area contributed by atoms with Crippen molar-refractivity contribution in [2.24, 2.45) is 0 Å². The number of benzene rings is 2. The highest BCUT2D eigenvalue weighted by Crippen LogP contribution is 2.24. The van der Waals surface area contributed by atoms with E-state index in [1.807, 2.05) is 63.2 Å². The molecule has 0 aliphatic carbocycles. The molecule has 1 unspecified atom stereocenters. The van der Waals surface area contributed by atoms with Crippen molar-refractivity contribution < 1.29 is 14.3 Å². The number of esters is 1. The van der Waals surface area contributed by atoms with Gasteiger partial charge in [0.25, 0.3) is 11.7 Å². The van der Waals surface area contributed by atoms with Crippen molar-refractivity contribution in [2.45, 2.75) is 39.7 Å². The molecule has 2 heterocycles. The van der Waals surface area contributed by atoms with E-state index >= 15 is 0 Å². The van der Waals surface area contributed by atoms with Crippen molar-refractivity contribution in [3.05, 3.63) is 71.3 Å². The van der Waals surface area contributed by atoms with E-state index in [0.717, 1.165) is 33.3 Å². The average Bonchev–Trinajstić information content (AvgIpc) is 3.25. The minimum atomic E-state index is -0.435. The molecule has 0 bridgehead atoms. The summed E-state index contributed by atoms with van der Waals surface area (Å²) in [5.74, 6) is -0.240. The van der Waals surface area contributed by atoms with Crippen LogP contribution >= 0.6 is 0 Å². The fraction of sp³-hybridized carbons (Fsp3) is 0.292. The Morgan fingerprint density at radius 2 is 1.91 bits per heavy atom. The van der Waals surface area contributed by atoms with Gasteiger partial charge in [-0.2, -0.15) is 10.1 Å². The van der Waals surface area contributed by atoms with Crippen LogP contribution in [0.4, 0.5) is 0 Å². The molecule has 0 saturated carbocycles. The van der Waals surface area contributed by atoms with Gasteiger partial charge >= 0.3 is 5.97 Å². The second-order valence-electron chi connectivity index (χ2n) is 7.75. The van der Waals surface area contributed by atoms with E-state index in [4.69, 9.17) is 4.74 Å². The monoisotopic (exact) mass is 431 g/mol. The fourth-order valence-electron chi connectivity index (χ4n) is 3.95. The third-order valence-electron chi connectivity index (χ3n) is 5.60. The van der Waals surface area contributed by atoms with Gasteiger partial charge in [0.1, 0.15) is 6.33 Å². The molecule has 4 rings (SSSR count). The van der Waals surface area contributed by atoms with Gasteiger partial charge in [-0.15, -0.1) is 0 Å². The van der Waals surface area contributed by atoms with Crippen LogP contribution in [0.1, 0.15) is 41.9 Å². The van der Waals surface area contributed by atoms with Gasteiger partial charge in [-0.3, -0.25) is 9.59 Å². The number of rotatable bonds is 7. The number of amides is 1. The summed E-state index contributed by atoms with van der Waals surface area (Å²) in [5, 5.41) is 9.26. The molecule has 32 heavy (non-hydrogen) atoms. The summed E-state index contributed by atoms with van der Waals surface area (Å²) in [7, 11) is 0. The van der Waals surface area contributed by atoms with Gasteiger partial charge in [0, 0.05) is 17.8 Å². The molecule has 0 radical (unpaired) electrons. The Morgan fingerprint density at radius 3 is 2.75 bits per heavy atom. The minimum absolute atomic E-state index is 0.149. The van der Waals surface area contributed by atoms with Crippen molar-refractivity contribution in [2.75, 3.05) is 6.61 Å². The first-order valence-electron chi connectivity index (χ1n) is 10.5. The molecule has 1 amide bonds. The Morgan fingerprint density at radius 1 is 1.12 bits per heavy atom. The number of nitrogens with zero attached hydrogens (tertiary/aromatic N) is 4. The van der Waals surface area contributed by atoms with Crippen molar-refractivity contribution in [3.8, 4) is 0 Å². The second-order valence-corrected chi connectivity index (χ2v) is 7.75. The zero-order valence-corrected chi connectivity index (χ0v) is 18.3. The lowest BCUT2D eigenvalue weighted by Crippen LogP contribution is -2.31. The van der Waals surface area contributed by atoms with E-state index in [0.29, 0.717) is 12.2 Å². The number of carbonyl (C=O) groups is 2. The maximum atomic E-state index is 12.3. The summed E-state index contributed by atoms with van der Waals surface area (Å²) in [5.41, 5.74) is 3.63. The lowest BCUT2D eigenvalue weighted by atomic mass is 10.00. The van der Waals surface area contributed by atoms with Gasteiger partial charge in [-0.1, -0.05) is 42.5 Å². The van der Waals surface area contributed by atoms with Crippen LogP contribution in [-0.4, -0.2) is 38.1 Å². The van der Waals surface area contributed by atoms with Crippen LogP contribution in [0.15, 0.2) is 48.8 Å². The Balaban J connectivity index is 1.31. The smallest absolute Gasteiger partial charge is 0.306 e. The quantitative estimate of drug-likeness (QED) is 0.451. The molecule has 0 aliphatic rings. The van der Waals surface area contributed by atoms with Gasteiger partial charge in [0.2, 0.25) is 0 Å². The maximum absolute atomic E-state index is 12.3.